The highest BCUT2D eigenvalue weighted by atomic mass is 32.1. The minimum absolute atomic E-state index is 0.00140. The average molecular weight is 330 g/mol. The van der Waals surface area contributed by atoms with Gasteiger partial charge in [0.15, 0.2) is 6.10 Å². The summed E-state index contributed by atoms with van der Waals surface area (Å²) in [5.41, 5.74) is 1.13. The van der Waals surface area contributed by atoms with Crippen molar-refractivity contribution >= 4 is 28.2 Å². The number of ether oxygens (including phenoxy) is 1. The van der Waals surface area contributed by atoms with Crippen molar-refractivity contribution in [2.45, 2.75) is 20.0 Å². The normalized spacial score (nSPS) is 11.3. The highest BCUT2D eigenvalue weighted by molar-refractivity contribution is 7.14. The van der Waals surface area contributed by atoms with E-state index >= 15 is 0 Å². The first-order chi connectivity index (χ1) is 10.9. The number of nitrogens with zero attached hydrogens (tertiary/aromatic N) is 1. The number of anilines is 1. The number of aromatic hydroxyl groups is 1. The molecule has 0 aliphatic heterocycles. The number of phenolic OH excluding ortho intramolecular Hbond substituents is 1. The molecule has 1 aromatic carbocycles. The third-order valence-corrected chi connectivity index (χ3v) is 3.88. The van der Waals surface area contributed by atoms with Crippen LogP contribution in [-0.4, -0.2) is 23.1 Å². The number of benzene rings is 1. The molecular formula is C16H14N2O4S. The number of carbonyl (C=O) groups is 2. The second-order valence-corrected chi connectivity index (χ2v) is 5.75. The topological polar surface area (TPSA) is 99.4 Å². The van der Waals surface area contributed by atoms with Gasteiger partial charge in [-0.25, -0.2) is 4.79 Å². The van der Waals surface area contributed by atoms with E-state index in [4.69, 9.17) is 10.00 Å². The molecule has 0 spiro atoms. The zero-order valence-corrected chi connectivity index (χ0v) is 13.3. The highest BCUT2D eigenvalue weighted by Gasteiger charge is 2.22. The molecule has 2 rings (SSSR count). The predicted octanol–water partition coefficient (Wildman–Crippen LogP) is 2.82. The molecule has 1 atom stereocenters. The van der Waals surface area contributed by atoms with Crippen LogP contribution in [0.15, 0.2) is 29.6 Å². The summed E-state index contributed by atoms with van der Waals surface area (Å²) in [7, 11) is 0. The van der Waals surface area contributed by atoms with E-state index in [0.29, 0.717) is 10.6 Å². The van der Waals surface area contributed by atoms with Gasteiger partial charge in [-0.05, 0) is 37.4 Å². The molecule has 0 unspecified atom stereocenters. The van der Waals surface area contributed by atoms with Crippen LogP contribution in [0.25, 0.3) is 0 Å². The molecule has 2 N–H and O–H groups in total. The smallest absolute Gasteiger partial charge is 0.342 e. The lowest BCUT2D eigenvalue weighted by Gasteiger charge is -2.13. The molecule has 6 nitrogen and oxygen atoms in total. The van der Waals surface area contributed by atoms with Crippen LogP contribution in [-0.2, 0) is 9.53 Å². The number of phenols is 1. The van der Waals surface area contributed by atoms with Gasteiger partial charge < -0.3 is 15.2 Å². The van der Waals surface area contributed by atoms with Crippen molar-refractivity contribution in [1.82, 2.24) is 0 Å². The number of rotatable bonds is 4. The minimum atomic E-state index is -1.07. The Morgan fingerprint density at radius 2 is 2.13 bits per heavy atom. The number of nitriles is 1. The van der Waals surface area contributed by atoms with Crippen LogP contribution in [0.5, 0.6) is 5.75 Å². The van der Waals surface area contributed by atoms with Gasteiger partial charge in [-0.2, -0.15) is 5.26 Å². The molecule has 1 amide bonds. The Morgan fingerprint density at radius 1 is 1.39 bits per heavy atom. The third kappa shape index (κ3) is 3.87. The van der Waals surface area contributed by atoms with E-state index in [2.05, 4.69) is 5.32 Å². The molecule has 7 heteroatoms. The van der Waals surface area contributed by atoms with Crippen LogP contribution < -0.4 is 5.32 Å². The van der Waals surface area contributed by atoms with Gasteiger partial charge in [0.1, 0.15) is 22.4 Å². The summed E-state index contributed by atoms with van der Waals surface area (Å²) in [6.07, 6.45) is -1.07. The highest BCUT2D eigenvalue weighted by Crippen LogP contribution is 2.23. The van der Waals surface area contributed by atoms with Crippen LogP contribution in [0.3, 0.4) is 0 Å². The van der Waals surface area contributed by atoms with Gasteiger partial charge in [-0.1, -0.05) is 11.6 Å². The summed E-state index contributed by atoms with van der Waals surface area (Å²) in [6.45, 7) is 3.19. The molecule has 0 fully saturated rings. The fraction of sp³-hybridized carbons (Fsp3) is 0.188. The van der Waals surface area contributed by atoms with Crippen LogP contribution in [0, 0.1) is 18.3 Å². The fourth-order valence-corrected chi connectivity index (χ4v) is 2.54. The maximum atomic E-state index is 12.0. The fourth-order valence-electron chi connectivity index (χ4n) is 1.80. The van der Waals surface area contributed by atoms with Gasteiger partial charge in [-0.15, -0.1) is 11.3 Å². The summed E-state index contributed by atoms with van der Waals surface area (Å²) in [5.74, 6) is -1.55. The van der Waals surface area contributed by atoms with E-state index in [0.717, 1.165) is 5.56 Å². The average Bonchev–Trinajstić information content (AvgIpc) is 2.96. The Hall–Kier alpha value is -2.85. The summed E-state index contributed by atoms with van der Waals surface area (Å²) >= 11 is 1.20. The number of nitrogens with one attached hydrogen (secondary N) is 1. The zero-order chi connectivity index (χ0) is 17.0. The molecule has 0 radical (unpaired) electrons. The first-order valence-corrected chi connectivity index (χ1v) is 7.59. The minimum Gasteiger partial charge on any atom is -0.507 e. The van der Waals surface area contributed by atoms with E-state index in [1.165, 1.54) is 30.4 Å². The first kappa shape index (κ1) is 16.5. The van der Waals surface area contributed by atoms with Crippen LogP contribution in [0.1, 0.15) is 28.4 Å². The van der Waals surface area contributed by atoms with Crippen molar-refractivity contribution in [2.24, 2.45) is 0 Å². The number of hydrogen-bond donors (Lipinski definition) is 2. The molecule has 0 aliphatic carbocycles. The van der Waals surface area contributed by atoms with Gasteiger partial charge in [-0.3, -0.25) is 4.79 Å². The largest absolute Gasteiger partial charge is 0.507 e. The Bertz CT molecular complexity index is 792. The second kappa shape index (κ2) is 6.94. The first-order valence-electron chi connectivity index (χ1n) is 6.71. The molecule has 23 heavy (non-hydrogen) atoms. The summed E-state index contributed by atoms with van der Waals surface area (Å²) in [5, 5.41) is 23.2. The zero-order valence-electron chi connectivity index (χ0n) is 12.5. The van der Waals surface area contributed by atoms with Crippen molar-refractivity contribution in [3.05, 3.63) is 46.3 Å². The number of carbonyl (C=O) groups excluding carboxylic acids is 2. The molecule has 0 aliphatic rings. The van der Waals surface area contributed by atoms with Crippen molar-refractivity contribution in [3.63, 3.8) is 0 Å². The van der Waals surface area contributed by atoms with Crippen molar-refractivity contribution in [2.75, 3.05) is 5.32 Å². The molecule has 1 heterocycles. The molecular weight excluding hydrogens is 316 g/mol. The molecule has 118 valence electrons. The van der Waals surface area contributed by atoms with Gasteiger partial charge >= 0.3 is 5.97 Å². The van der Waals surface area contributed by atoms with Gasteiger partial charge in [0, 0.05) is 0 Å². The van der Waals surface area contributed by atoms with Crippen LogP contribution in [0.2, 0.25) is 0 Å². The Morgan fingerprint density at radius 3 is 2.83 bits per heavy atom. The van der Waals surface area contributed by atoms with Crippen molar-refractivity contribution in [3.8, 4) is 11.8 Å². The van der Waals surface area contributed by atoms with Crippen LogP contribution >= 0.6 is 11.3 Å². The van der Waals surface area contributed by atoms with Gasteiger partial charge in [0.05, 0.1) is 5.56 Å². The summed E-state index contributed by atoms with van der Waals surface area (Å²) in [6, 6.07) is 8.07. The lowest BCUT2D eigenvalue weighted by molar-refractivity contribution is -0.123. The monoisotopic (exact) mass is 330 g/mol. The molecule has 0 saturated carbocycles. The number of esters is 1. The number of amides is 1. The third-order valence-electron chi connectivity index (χ3n) is 3.05. The maximum absolute atomic E-state index is 12.0. The lowest BCUT2D eigenvalue weighted by Crippen LogP contribution is -2.30. The van der Waals surface area contributed by atoms with Gasteiger partial charge in [0.25, 0.3) is 5.91 Å². The standard InChI is InChI=1S/C16H14N2O4S/c1-9-3-4-13(19)12(7-9)16(21)22-10(2)14(20)18-15-11(8-17)5-6-23-15/h3-7,10,19H,1-2H3,(H,18,20)/t10-/m1/s1. The van der Waals surface area contributed by atoms with Gasteiger partial charge in [0.2, 0.25) is 0 Å². The van der Waals surface area contributed by atoms with Crippen LogP contribution in [0.4, 0.5) is 5.00 Å². The Labute approximate surface area is 136 Å². The lowest BCUT2D eigenvalue weighted by atomic mass is 10.1. The van der Waals surface area contributed by atoms with E-state index in [9.17, 15) is 14.7 Å². The predicted molar refractivity (Wildman–Crippen MR) is 85.4 cm³/mol. The molecule has 2 aromatic rings. The number of hydrogen-bond acceptors (Lipinski definition) is 6. The molecule has 1 aromatic heterocycles. The Kier molecular flexibility index (Phi) is 4.98. The van der Waals surface area contributed by atoms with Crippen molar-refractivity contribution < 1.29 is 19.4 Å². The maximum Gasteiger partial charge on any atom is 0.342 e. The molecule has 0 saturated heterocycles. The second-order valence-electron chi connectivity index (χ2n) is 4.83. The summed E-state index contributed by atoms with van der Waals surface area (Å²) < 4.78 is 5.07. The van der Waals surface area contributed by atoms with E-state index in [1.807, 2.05) is 6.07 Å². The summed E-state index contributed by atoms with van der Waals surface area (Å²) in [4.78, 5) is 24.1. The SMILES string of the molecule is Cc1ccc(O)c(C(=O)O[C@H](C)C(=O)Nc2sccc2C#N)c1. The van der Waals surface area contributed by atoms with E-state index < -0.39 is 18.0 Å². The van der Waals surface area contributed by atoms with E-state index in [1.54, 1.807) is 24.4 Å². The number of aryl methyl sites for hydroxylation is 1. The Balaban J connectivity index is 2.05. The van der Waals surface area contributed by atoms with Crippen molar-refractivity contribution in [1.29, 1.82) is 5.26 Å². The quantitative estimate of drug-likeness (QED) is 0.840. The van der Waals surface area contributed by atoms with E-state index in [-0.39, 0.29) is 11.3 Å². The number of thiophene rings is 1. The molecule has 0 bridgehead atoms.